The number of ether oxygens (including phenoxy) is 1. The zero-order valence-electron chi connectivity index (χ0n) is 14.5. The topological polar surface area (TPSA) is 91.3 Å². The molecule has 0 aliphatic heterocycles. The predicted molar refractivity (Wildman–Crippen MR) is 99.4 cm³/mol. The maximum atomic E-state index is 12.4. The Hall–Kier alpha value is -2.71. The minimum Gasteiger partial charge on any atom is -0.538 e. The first kappa shape index (κ1) is 19.1. The van der Waals surface area contributed by atoms with Crippen LogP contribution in [0.4, 0.5) is 5.69 Å². The Morgan fingerprint density at radius 3 is 2.74 bits per heavy atom. The molecule has 1 amide bonds. The number of thioether (sulfide) groups is 1. The van der Waals surface area contributed by atoms with E-state index in [9.17, 15) is 9.90 Å². The Balaban J connectivity index is 1.76. The molecular weight excluding hydrogens is 390 g/mol. The van der Waals surface area contributed by atoms with Crippen molar-refractivity contribution in [1.82, 2.24) is 5.27 Å². The average Bonchev–Trinajstić information content (AvgIpc) is 3.02. The lowest BCUT2D eigenvalue weighted by Crippen LogP contribution is -2.36. The lowest BCUT2D eigenvalue weighted by atomic mass is 10.3. The van der Waals surface area contributed by atoms with E-state index < -0.39 is 11.2 Å². The third-order valence-corrected chi connectivity index (χ3v) is 5.00. The zero-order valence-corrected chi connectivity index (χ0v) is 16.1. The van der Waals surface area contributed by atoms with Gasteiger partial charge in [-0.2, -0.15) is 0 Å². The molecule has 3 aromatic rings. The molecule has 1 heterocycles. The molecule has 9 heteroatoms. The van der Waals surface area contributed by atoms with Crippen LogP contribution >= 0.6 is 23.4 Å². The third kappa shape index (κ3) is 4.53. The summed E-state index contributed by atoms with van der Waals surface area (Å²) in [5, 5.41) is 18.7. The normalized spacial score (nSPS) is 11.8. The number of carbonyl (C=O) groups is 1. The van der Waals surface area contributed by atoms with Crippen LogP contribution in [-0.2, 0) is 4.79 Å². The van der Waals surface area contributed by atoms with E-state index in [0.29, 0.717) is 22.1 Å². The summed E-state index contributed by atoms with van der Waals surface area (Å²) >= 11 is 6.98. The van der Waals surface area contributed by atoms with E-state index in [0.717, 1.165) is 11.8 Å². The van der Waals surface area contributed by atoms with Gasteiger partial charge in [-0.1, -0.05) is 17.7 Å². The molecule has 7 nitrogen and oxygen atoms in total. The number of nitrogens with zero attached hydrogens (tertiary/aromatic N) is 2. The van der Waals surface area contributed by atoms with Crippen molar-refractivity contribution >= 4 is 35.0 Å². The van der Waals surface area contributed by atoms with Gasteiger partial charge in [-0.3, -0.25) is 4.79 Å². The lowest BCUT2D eigenvalue weighted by molar-refractivity contribution is -0.705. The lowest BCUT2D eigenvalue weighted by Gasteiger charge is -2.10. The number of hydrogen-bond acceptors (Lipinski definition) is 6. The van der Waals surface area contributed by atoms with Crippen molar-refractivity contribution in [1.29, 1.82) is 0 Å². The van der Waals surface area contributed by atoms with E-state index in [1.165, 1.54) is 4.68 Å². The fourth-order valence-corrected chi connectivity index (χ4v) is 3.32. The van der Waals surface area contributed by atoms with Gasteiger partial charge in [0, 0.05) is 22.8 Å². The maximum absolute atomic E-state index is 12.4. The fourth-order valence-electron chi connectivity index (χ4n) is 2.26. The van der Waals surface area contributed by atoms with Crippen LogP contribution in [0.1, 0.15) is 6.92 Å². The minimum absolute atomic E-state index is 0.203. The van der Waals surface area contributed by atoms with E-state index in [1.807, 2.05) is 0 Å². The first-order valence-electron chi connectivity index (χ1n) is 7.94. The van der Waals surface area contributed by atoms with Crippen molar-refractivity contribution in [2.75, 3.05) is 12.4 Å². The largest absolute Gasteiger partial charge is 0.538 e. The van der Waals surface area contributed by atoms with Gasteiger partial charge in [0.1, 0.15) is 5.75 Å². The highest BCUT2D eigenvalue weighted by atomic mass is 35.5. The quantitative estimate of drug-likeness (QED) is 0.501. The number of benzene rings is 2. The van der Waals surface area contributed by atoms with Gasteiger partial charge in [0.15, 0.2) is 5.95 Å². The molecule has 0 saturated carbocycles. The summed E-state index contributed by atoms with van der Waals surface area (Å²) in [7, 11) is 1.56. The van der Waals surface area contributed by atoms with E-state index in [4.69, 9.17) is 20.9 Å². The Bertz CT molecular complexity index is 946. The summed E-state index contributed by atoms with van der Waals surface area (Å²) in [6.07, 6.45) is 0. The molecule has 1 N–H and O–H groups in total. The Kier molecular flexibility index (Phi) is 5.88. The number of amides is 1. The molecule has 1 atom stereocenters. The van der Waals surface area contributed by atoms with Gasteiger partial charge in [-0.25, -0.2) is 0 Å². The van der Waals surface area contributed by atoms with E-state index in [1.54, 1.807) is 62.6 Å². The number of hydrogen-bond donors (Lipinski definition) is 1. The van der Waals surface area contributed by atoms with Crippen molar-refractivity contribution in [3.63, 3.8) is 0 Å². The molecule has 1 unspecified atom stereocenters. The highest BCUT2D eigenvalue weighted by molar-refractivity contribution is 8.00. The van der Waals surface area contributed by atoms with Crippen LogP contribution in [0.5, 0.6) is 11.7 Å². The SMILES string of the molecule is COc1ccc(-[n+]2noc([O-])c2SC(C)C(=O)Nc2cccc(Cl)c2)cc1. The molecule has 2 aromatic carbocycles. The summed E-state index contributed by atoms with van der Waals surface area (Å²) in [4.78, 5) is 12.4. The van der Waals surface area contributed by atoms with Crippen molar-refractivity contribution < 1.29 is 23.8 Å². The second-order valence-electron chi connectivity index (χ2n) is 5.54. The Morgan fingerprint density at radius 1 is 1.33 bits per heavy atom. The van der Waals surface area contributed by atoms with Crippen LogP contribution in [0, 0.1) is 0 Å². The van der Waals surface area contributed by atoms with Crippen molar-refractivity contribution in [2.24, 2.45) is 0 Å². The van der Waals surface area contributed by atoms with Gasteiger partial charge in [0.2, 0.25) is 11.6 Å². The molecule has 140 valence electrons. The van der Waals surface area contributed by atoms with Gasteiger partial charge in [-0.05, 0) is 53.7 Å². The van der Waals surface area contributed by atoms with Gasteiger partial charge >= 0.3 is 0 Å². The Labute approximate surface area is 164 Å². The molecule has 0 radical (unpaired) electrons. The molecule has 0 saturated heterocycles. The summed E-state index contributed by atoms with van der Waals surface area (Å²) in [5.74, 6) is -0.212. The summed E-state index contributed by atoms with van der Waals surface area (Å²) in [5.41, 5.74) is 1.20. The highest BCUT2D eigenvalue weighted by Gasteiger charge is 2.26. The second kappa shape index (κ2) is 8.32. The van der Waals surface area contributed by atoms with Gasteiger partial charge < -0.3 is 19.7 Å². The molecular formula is C18H16ClN3O4S. The number of anilines is 1. The summed E-state index contributed by atoms with van der Waals surface area (Å²) in [6.45, 7) is 1.69. The molecule has 0 spiro atoms. The van der Waals surface area contributed by atoms with Crippen LogP contribution < -0.4 is 19.8 Å². The first-order valence-corrected chi connectivity index (χ1v) is 9.20. The predicted octanol–water partition coefficient (Wildman–Crippen LogP) is 2.81. The number of halogens is 1. The molecule has 27 heavy (non-hydrogen) atoms. The molecule has 0 bridgehead atoms. The summed E-state index contributed by atoms with van der Waals surface area (Å²) < 4.78 is 11.3. The van der Waals surface area contributed by atoms with Crippen LogP contribution in [-0.4, -0.2) is 23.5 Å². The van der Waals surface area contributed by atoms with E-state index in [-0.39, 0.29) is 10.9 Å². The van der Waals surface area contributed by atoms with E-state index >= 15 is 0 Å². The first-order chi connectivity index (χ1) is 13.0. The Morgan fingerprint density at radius 2 is 2.07 bits per heavy atom. The van der Waals surface area contributed by atoms with Crippen LogP contribution in [0.15, 0.2) is 58.1 Å². The number of carbonyl (C=O) groups excluding carboxylic acids is 1. The molecule has 3 rings (SSSR count). The second-order valence-corrected chi connectivity index (χ2v) is 7.30. The average molecular weight is 406 g/mol. The molecule has 1 aromatic heterocycles. The maximum Gasteiger partial charge on any atom is 0.298 e. The van der Waals surface area contributed by atoms with Crippen molar-refractivity contribution in [3.05, 3.63) is 53.6 Å². The van der Waals surface area contributed by atoms with Gasteiger partial charge in [-0.15, -0.1) is 0 Å². The third-order valence-electron chi connectivity index (χ3n) is 3.64. The van der Waals surface area contributed by atoms with Crippen LogP contribution in [0.2, 0.25) is 5.02 Å². The van der Waals surface area contributed by atoms with Gasteiger partial charge in [0.25, 0.3) is 5.03 Å². The van der Waals surface area contributed by atoms with E-state index in [2.05, 4.69) is 10.6 Å². The molecule has 0 aliphatic carbocycles. The van der Waals surface area contributed by atoms with Crippen LogP contribution in [0.3, 0.4) is 0 Å². The minimum atomic E-state index is -0.613. The molecule has 0 fully saturated rings. The monoisotopic (exact) mass is 405 g/mol. The smallest absolute Gasteiger partial charge is 0.298 e. The standard InChI is InChI=1S/C18H16ClN3O4S/c1-11(16(23)20-13-5-3-4-12(19)10-13)27-17-18(24)26-21-22(17)14-6-8-15(25-2)9-7-14/h3-11H,1-2H3,(H-,20,21,23,24). The van der Waals surface area contributed by atoms with Gasteiger partial charge in [0.05, 0.1) is 17.6 Å². The van der Waals surface area contributed by atoms with Crippen molar-refractivity contribution in [3.8, 4) is 17.4 Å². The fraction of sp³-hybridized carbons (Fsp3) is 0.167. The van der Waals surface area contributed by atoms with Crippen molar-refractivity contribution in [2.45, 2.75) is 17.2 Å². The zero-order chi connectivity index (χ0) is 19.4. The van der Waals surface area contributed by atoms with Crippen LogP contribution in [0.25, 0.3) is 5.69 Å². The summed E-state index contributed by atoms with van der Waals surface area (Å²) in [6, 6.07) is 13.8. The number of aromatic nitrogens is 2. The number of nitrogens with one attached hydrogen (secondary N) is 1. The highest BCUT2D eigenvalue weighted by Crippen LogP contribution is 2.28. The number of rotatable bonds is 6. The number of methoxy groups -OCH3 is 1. The molecule has 0 aliphatic rings.